The van der Waals surface area contributed by atoms with Crippen molar-refractivity contribution in [3.05, 3.63) is 46.4 Å². The lowest BCUT2D eigenvalue weighted by atomic mass is 10.3. The maximum Gasteiger partial charge on any atom is 0.354 e. The molecule has 2 rings (SSSR count). The maximum atomic E-state index is 11.1. The van der Waals surface area contributed by atoms with E-state index in [1.54, 1.807) is 12.1 Å². The fourth-order valence-corrected chi connectivity index (χ4v) is 1.38. The molecule has 0 saturated heterocycles. The molecule has 6 nitrogen and oxygen atoms in total. The van der Waals surface area contributed by atoms with Crippen molar-refractivity contribution in [2.75, 3.05) is 0 Å². The van der Waals surface area contributed by atoms with Crippen LogP contribution in [0.3, 0.4) is 0 Å². The molecule has 0 aliphatic carbocycles. The first-order valence-electron chi connectivity index (χ1n) is 4.42. The van der Waals surface area contributed by atoms with Crippen LogP contribution in [0.25, 0.3) is 5.69 Å². The minimum absolute atomic E-state index is 0.0108. The largest absolute Gasteiger partial charge is 0.508 e. The Kier molecular flexibility index (Phi) is 2.24. The smallest absolute Gasteiger partial charge is 0.354 e. The highest BCUT2D eigenvalue weighted by atomic mass is 16.4. The first-order valence-corrected chi connectivity index (χ1v) is 4.42. The molecular weight excluding hydrogens is 212 g/mol. The molecule has 0 radical (unpaired) electrons. The van der Waals surface area contributed by atoms with Gasteiger partial charge in [0.05, 0.1) is 5.69 Å². The summed E-state index contributed by atoms with van der Waals surface area (Å²) in [5.41, 5.74) is -0.323. The van der Waals surface area contributed by atoms with E-state index in [1.807, 2.05) is 0 Å². The average Bonchev–Trinajstić information content (AvgIpc) is 2.60. The van der Waals surface area contributed by atoms with Crippen LogP contribution in [0.1, 0.15) is 10.5 Å². The summed E-state index contributed by atoms with van der Waals surface area (Å²) in [7, 11) is 0. The van der Waals surface area contributed by atoms with E-state index in [4.69, 9.17) is 5.11 Å². The van der Waals surface area contributed by atoms with Crippen LogP contribution in [-0.2, 0) is 0 Å². The second kappa shape index (κ2) is 3.58. The van der Waals surface area contributed by atoms with Crippen molar-refractivity contribution in [2.45, 2.75) is 0 Å². The van der Waals surface area contributed by atoms with Crippen molar-refractivity contribution in [3.63, 3.8) is 0 Å². The number of aromatic nitrogens is 2. The predicted octanol–water partition coefficient (Wildman–Crippen LogP) is 0.569. The van der Waals surface area contributed by atoms with Crippen LogP contribution >= 0.6 is 0 Å². The van der Waals surface area contributed by atoms with Crippen molar-refractivity contribution >= 4 is 5.97 Å². The quantitative estimate of drug-likeness (QED) is 0.689. The number of hydrogen-bond acceptors (Lipinski definition) is 3. The van der Waals surface area contributed by atoms with Gasteiger partial charge in [0.1, 0.15) is 5.75 Å². The number of carboxylic acid groups (broad SMARTS) is 1. The summed E-state index contributed by atoms with van der Waals surface area (Å²) in [5, 5.41) is 20.5. The first kappa shape index (κ1) is 10.0. The van der Waals surface area contributed by atoms with E-state index in [1.165, 1.54) is 12.1 Å². The summed E-state index contributed by atoms with van der Waals surface area (Å²) < 4.78 is 1.10. The Morgan fingerprint density at radius 3 is 2.69 bits per heavy atom. The Morgan fingerprint density at radius 2 is 2.06 bits per heavy atom. The van der Waals surface area contributed by atoms with Gasteiger partial charge in [-0.3, -0.25) is 9.89 Å². The number of carboxylic acids is 1. The number of aromatic carboxylic acids is 1. The second-order valence-corrected chi connectivity index (χ2v) is 3.17. The summed E-state index contributed by atoms with van der Waals surface area (Å²) in [6.45, 7) is 0. The number of rotatable bonds is 2. The molecule has 6 heteroatoms. The predicted molar refractivity (Wildman–Crippen MR) is 55.0 cm³/mol. The molecule has 0 amide bonds. The van der Waals surface area contributed by atoms with E-state index in [-0.39, 0.29) is 11.4 Å². The van der Waals surface area contributed by atoms with Crippen LogP contribution < -0.4 is 5.56 Å². The number of aromatic amines is 1. The molecule has 16 heavy (non-hydrogen) atoms. The maximum absolute atomic E-state index is 11.1. The van der Waals surface area contributed by atoms with Crippen molar-refractivity contribution < 1.29 is 15.0 Å². The highest BCUT2D eigenvalue weighted by Gasteiger charge is 2.13. The van der Waals surface area contributed by atoms with Crippen molar-refractivity contribution in [1.29, 1.82) is 0 Å². The molecule has 0 bridgehead atoms. The number of benzene rings is 1. The molecule has 0 aliphatic rings. The van der Waals surface area contributed by atoms with Gasteiger partial charge in [-0.05, 0) is 12.1 Å². The van der Waals surface area contributed by atoms with Crippen LogP contribution in [0.4, 0.5) is 0 Å². The van der Waals surface area contributed by atoms with Gasteiger partial charge in [0.25, 0.3) is 5.56 Å². The summed E-state index contributed by atoms with van der Waals surface area (Å²) in [6, 6.07) is 6.90. The summed E-state index contributed by atoms with van der Waals surface area (Å²) >= 11 is 0. The number of H-pyrrole nitrogens is 1. The topological polar surface area (TPSA) is 95.3 Å². The fourth-order valence-electron chi connectivity index (χ4n) is 1.38. The number of nitrogens with zero attached hydrogens (tertiary/aromatic N) is 1. The molecule has 2 aromatic rings. The van der Waals surface area contributed by atoms with E-state index >= 15 is 0 Å². The molecule has 1 aromatic heterocycles. The number of carbonyl (C=O) groups is 1. The number of nitrogens with one attached hydrogen (secondary N) is 1. The van der Waals surface area contributed by atoms with Gasteiger partial charge in [0.15, 0.2) is 5.69 Å². The first-order chi connectivity index (χ1) is 7.58. The van der Waals surface area contributed by atoms with Crippen molar-refractivity contribution in [3.8, 4) is 11.4 Å². The van der Waals surface area contributed by atoms with E-state index < -0.39 is 11.5 Å². The number of phenolic OH excluding ortho intramolecular Hbond substituents is 1. The molecule has 0 unspecified atom stereocenters. The third-order valence-corrected chi connectivity index (χ3v) is 2.04. The van der Waals surface area contributed by atoms with Crippen LogP contribution in [0, 0.1) is 0 Å². The van der Waals surface area contributed by atoms with Gasteiger partial charge in [-0.2, -0.15) is 0 Å². The zero-order valence-corrected chi connectivity index (χ0v) is 8.04. The zero-order chi connectivity index (χ0) is 11.7. The van der Waals surface area contributed by atoms with E-state index in [9.17, 15) is 14.7 Å². The molecule has 3 N–H and O–H groups in total. The van der Waals surface area contributed by atoms with Gasteiger partial charge in [0.2, 0.25) is 0 Å². The SMILES string of the molecule is O=C(O)c1cc(=O)[nH]n1-c1cccc(O)c1. The van der Waals surface area contributed by atoms with E-state index in [2.05, 4.69) is 5.10 Å². The number of phenols is 1. The van der Waals surface area contributed by atoms with Crippen LogP contribution in [0.5, 0.6) is 5.75 Å². The molecule has 0 aliphatic heterocycles. The Hall–Kier alpha value is -2.50. The lowest BCUT2D eigenvalue weighted by Crippen LogP contribution is -2.08. The van der Waals surface area contributed by atoms with Crippen LogP contribution in [0.15, 0.2) is 35.1 Å². The van der Waals surface area contributed by atoms with Gasteiger partial charge in [-0.25, -0.2) is 9.48 Å². The van der Waals surface area contributed by atoms with Gasteiger partial charge in [0, 0.05) is 12.1 Å². The molecule has 1 aromatic carbocycles. The van der Waals surface area contributed by atoms with Crippen LogP contribution in [-0.4, -0.2) is 26.0 Å². The third kappa shape index (κ3) is 1.68. The van der Waals surface area contributed by atoms with Crippen LogP contribution in [0.2, 0.25) is 0 Å². The monoisotopic (exact) mass is 220 g/mol. The van der Waals surface area contributed by atoms with E-state index in [0.717, 1.165) is 10.7 Å². The normalized spacial score (nSPS) is 10.2. The Labute approximate surface area is 89.4 Å². The van der Waals surface area contributed by atoms with Gasteiger partial charge in [-0.1, -0.05) is 6.07 Å². The van der Waals surface area contributed by atoms with E-state index in [0.29, 0.717) is 5.69 Å². The Bertz CT molecular complexity index is 597. The molecule has 1 heterocycles. The Morgan fingerprint density at radius 1 is 1.31 bits per heavy atom. The third-order valence-electron chi connectivity index (χ3n) is 2.04. The lowest BCUT2D eigenvalue weighted by Gasteiger charge is -2.05. The van der Waals surface area contributed by atoms with Crippen molar-refractivity contribution in [2.24, 2.45) is 0 Å². The molecular formula is C10H8N2O4. The molecule has 0 atom stereocenters. The van der Waals surface area contributed by atoms with Crippen molar-refractivity contribution in [1.82, 2.24) is 9.78 Å². The fraction of sp³-hybridized carbons (Fsp3) is 0. The lowest BCUT2D eigenvalue weighted by molar-refractivity contribution is 0.0687. The molecule has 82 valence electrons. The molecule has 0 spiro atoms. The summed E-state index contributed by atoms with van der Waals surface area (Å²) in [6.07, 6.45) is 0. The summed E-state index contributed by atoms with van der Waals surface area (Å²) in [5.74, 6) is -1.23. The number of aromatic hydroxyl groups is 1. The standard InChI is InChI=1S/C10H8N2O4/c13-7-3-1-2-6(4-7)12-8(10(15)16)5-9(14)11-12/h1-5,13H,(H,11,14)(H,15,16). The molecule has 0 fully saturated rings. The zero-order valence-electron chi connectivity index (χ0n) is 8.04. The Balaban J connectivity index is 2.64. The average molecular weight is 220 g/mol. The van der Waals surface area contributed by atoms with Gasteiger partial charge in [-0.15, -0.1) is 0 Å². The van der Waals surface area contributed by atoms with Gasteiger partial charge < -0.3 is 10.2 Å². The minimum Gasteiger partial charge on any atom is -0.508 e. The highest BCUT2D eigenvalue weighted by molar-refractivity contribution is 5.86. The van der Waals surface area contributed by atoms with Gasteiger partial charge >= 0.3 is 5.97 Å². The highest BCUT2D eigenvalue weighted by Crippen LogP contribution is 2.15. The number of hydrogen-bond donors (Lipinski definition) is 3. The summed E-state index contributed by atoms with van der Waals surface area (Å²) in [4.78, 5) is 21.9. The minimum atomic E-state index is -1.22. The second-order valence-electron chi connectivity index (χ2n) is 3.17. The molecule has 0 saturated carbocycles.